The molecule has 1 fully saturated rings. The Labute approximate surface area is 104 Å². The van der Waals surface area contributed by atoms with E-state index < -0.39 is 0 Å². The van der Waals surface area contributed by atoms with Gasteiger partial charge in [-0.2, -0.15) is 0 Å². The van der Waals surface area contributed by atoms with Crippen LogP contribution >= 0.6 is 0 Å². The van der Waals surface area contributed by atoms with Gasteiger partial charge in [0.1, 0.15) is 5.82 Å². The minimum Gasteiger partial charge on any atom is -0.357 e. The number of rotatable bonds is 6. The van der Waals surface area contributed by atoms with Gasteiger partial charge >= 0.3 is 0 Å². The monoisotopic (exact) mass is 233 g/mol. The summed E-state index contributed by atoms with van der Waals surface area (Å²) in [4.78, 5) is 6.85. The predicted molar refractivity (Wildman–Crippen MR) is 72.2 cm³/mol. The van der Waals surface area contributed by atoms with Gasteiger partial charge < -0.3 is 10.2 Å². The molecule has 1 aromatic heterocycles. The summed E-state index contributed by atoms with van der Waals surface area (Å²) in [6.07, 6.45) is 4.74. The maximum atomic E-state index is 4.55. The molecule has 0 saturated heterocycles. The Hall–Kier alpha value is -1.09. The number of pyridine rings is 1. The van der Waals surface area contributed by atoms with E-state index in [0.717, 1.165) is 24.8 Å². The first-order chi connectivity index (χ1) is 8.22. The molecule has 1 saturated carbocycles. The second-order valence-corrected chi connectivity index (χ2v) is 4.99. The van der Waals surface area contributed by atoms with Gasteiger partial charge in [0.05, 0.1) is 0 Å². The van der Waals surface area contributed by atoms with Crippen LogP contribution in [0.15, 0.2) is 18.3 Å². The van der Waals surface area contributed by atoms with Crippen molar-refractivity contribution in [1.82, 2.24) is 10.3 Å². The SMILES string of the molecule is CCNCc1ccc(N(C)C(C)C2CC2)nc1. The number of nitrogens with zero attached hydrogens (tertiary/aromatic N) is 2. The Bertz CT molecular complexity index is 343. The fourth-order valence-corrected chi connectivity index (χ4v) is 2.10. The summed E-state index contributed by atoms with van der Waals surface area (Å²) in [5, 5.41) is 3.31. The van der Waals surface area contributed by atoms with Crippen LogP contribution in [0.25, 0.3) is 0 Å². The lowest BCUT2D eigenvalue weighted by Gasteiger charge is -2.26. The maximum absolute atomic E-state index is 4.55. The Morgan fingerprint density at radius 1 is 1.47 bits per heavy atom. The minimum absolute atomic E-state index is 0.613. The Morgan fingerprint density at radius 3 is 2.76 bits per heavy atom. The first-order valence-electron chi connectivity index (χ1n) is 6.61. The second-order valence-electron chi connectivity index (χ2n) is 4.99. The lowest BCUT2D eigenvalue weighted by atomic mass is 10.2. The molecule has 1 aliphatic carbocycles. The van der Waals surface area contributed by atoms with Crippen molar-refractivity contribution in [3.05, 3.63) is 23.9 Å². The van der Waals surface area contributed by atoms with Crippen molar-refractivity contribution in [1.29, 1.82) is 0 Å². The van der Waals surface area contributed by atoms with Crippen LogP contribution in [0, 0.1) is 5.92 Å². The van der Waals surface area contributed by atoms with E-state index in [4.69, 9.17) is 0 Å². The molecule has 1 aliphatic rings. The fraction of sp³-hybridized carbons (Fsp3) is 0.643. The van der Waals surface area contributed by atoms with Gasteiger partial charge in [-0.3, -0.25) is 0 Å². The molecule has 2 rings (SSSR count). The molecular formula is C14H23N3. The van der Waals surface area contributed by atoms with E-state index in [2.05, 4.69) is 48.2 Å². The zero-order valence-electron chi connectivity index (χ0n) is 11.1. The van der Waals surface area contributed by atoms with Crippen LogP contribution in [0.3, 0.4) is 0 Å². The zero-order valence-corrected chi connectivity index (χ0v) is 11.1. The molecule has 0 spiro atoms. The number of anilines is 1. The predicted octanol–water partition coefficient (Wildman–Crippen LogP) is 2.43. The van der Waals surface area contributed by atoms with Crippen LogP contribution in [0.1, 0.15) is 32.3 Å². The lowest BCUT2D eigenvalue weighted by Crippen LogP contribution is -2.31. The third-order valence-corrected chi connectivity index (χ3v) is 3.66. The van der Waals surface area contributed by atoms with Crippen molar-refractivity contribution < 1.29 is 0 Å². The van der Waals surface area contributed by atoms with Gasteiger partial charge in [0.25, 0.3) is 0 Å². The topological polar surface area (TPSA) is 28.2 Å². The quantitative estimate of drug-likeness (QED) is 0.818. The van der Waals surface area contributed by atoms with E-state index in [-0.39, 0.29) is 0 Å². The molecule has 0 bridgehead atoms. The largest absolute Gasteiger partial charge is 0.357 e. The highest BCUT2D eigenvalue weighted by Gasteiger charge is 2.30. The first-order valence-corrected chi connectivity index (χ1v) is 6.61. The van der Waals surface area contributed by atoms with Gasteiger partial charge in [-0.1, -0.05) is 13.0 Å². The standard InChI is InChI=1S/C14H23N3/c1-4-15-9-12-5-8-14(16-10-12)17(3)11(2)13-6-7-13/h5,8,10-11,13,15H,4,6-7,9H2,1-3H3. The first kappa shape index (κ1) is 12.4. The number of aromatic nitrogens is 1. The highest BCUT2D eigenvalue weighted by atomic mass is 15.2. The molecular weight excluding hydrogens is 210 g/mol. The van der Waals surface area contributed by atoms with Crippen LogP contribution in [0.4, 0.5) is 5.82 Å². The lowest BCUT2D eigenvalue weighted by molar-refractivity contribution is 0.603. The molecule has 3 nitrogen and oxygen atoms in total. The molecule has 1 heterocycles. The average molecular weight is 233 g/mol. The number of hydrogen-bond donors (Lipinski definition) is 1. The van der Waals surface area contributed by atoms with Crippen molar-refractivity contribution >= 4 is 5.82 Å². The van der Waals surface area contributed by atoms with E-state index in [0.29, 0.717) is 6.04 Å². The molecule has 0 aliphatic heterocycles. The van der Waals surface area contributed by atoms with Crippen LogP contribution < -0.4 is 10.2 Å². The average Bonchev–Trinajstić information content (AvgIpc) is 3.19. The van der Waals surface area contributed by atoms with Gasteiger partial charge in [0.2, 0.25) is 0 Å². The van der Waals surface area contributed by atoms with Gasteiger partial charge in [-0.25, -0.2) is 4.98 Å². The molecule has 1 unspecified atom stereocenters. The number of nitrogens with one attached hydrogen (secondary N) is 1. The van der Waals surface area contributed by atoms with Crippen LogP contribution in [-0.2, 0) is 6.54 Å². The van der Waals surface area contributed by atoms with Gasteiger partial charge in [0.15, 0.2) is 0 Å². The summed E-state index contributed by atoms with van der Waals surface area (Å²) >= 11 is 0. The summed E-state index contributed by atoms with van der Waals surface area (Å²) in [6.45, 7) is 6.32. The minimum atomic E-state index is 0.613. The van der Waals surface area contributed by atoms with Crippen molar-refractivity contribution in [3.8, 4) is 0 Å². The Morgan fingerprint density at radius 2 is 2.24 bits per heavy atom. The molecule has 0 radical (unpaired) electrons. The number of hydrogen-bond acceptors (Lipinski definition) is 3. The molecule has 0 aromatic carbocycles. The third-order valence-electron chi connectivity index (χ3n) is 3.66. The van der Waals surface area contributed by atoms with E-state index in [1.165, 1.54) is 18.4 Å². The molecule has 1 N–H and O–H groups in total. The second kappa shape index (κ2) is 5.50. The van der Waals surface area contributed by atoms with Crippen molar-refractivity contribution in [2.24, 2.45) is 5.92 Å². The van der Waals surface area contributed by atoms with E-state index in [1.807, 2.05) is 6.20 Å². The van der Waals surface area contributed by atoms with Crippen LogP contribution in [0.2, 0.25) is 0 Å². The summed E-state index contributed by atoms with van der Waals surface area (Å²) in [5.41, 5.74) is 1.25. The van der Waals surface area contributed by atoms with E-state index >= 15 is 0 Å². The van der Waals surface area contributed by atoms with Crippen molar-refractivity contribution in [2.75, 3.05) is 18.5 Å². The molecule has 0 amide bonds. The summed E-state index contributed by atoms with van der Waals surface area (Å²) in [6, 6.07) is 4.91. The highest BCUT2D eigenvalue weighted by molar-refractivity contribution is 5.39. The Balaban J connectivity index is 1.96. The van der Waals surface area contributed by atoms with Gasteiger partial charge in [-0.15, -0.1) is 0 Å². The normalized spacial score (nSPS) is 16.9. The van der Waals surface area contributed by atoms with Gasteiger partial charge in [0, 0.05) is 25.8 Å². The Kier molecular flexibility index (Phi) is 4.00. The maximum Gasteiger partial charge on any atom is 0.128 e. The summed E-state index contributed by atoms with van der Waals surface area (Å²) in [7, 11) is 2.15. The third kappa shape index (κ3) is 3.19. The molecule has 94 valence electrons. The highest BCUT2D eigenvalue weighted by Crippen LogP contribution is 2.35. The van der Waals surface area contributed by atoms with Crippen molar-refractivity contribution in [3.63, 3.8) is 0 Å². The molecule has 17 heavy (non-hydrogen) atoms. The molecule has 3 heteroatoms. The van der Waals surface area contributed by atoms with Crippen LogP contribution in [0.5, 0.6) is 0 Å². The zero-order chi connectivity index (χ0) is 12.3. The summed E-state index contributed by atoms with van der Waals surface area (Å²) < 4.78 is 0. The van der Waals surface area contributed by atoms with Gasteiger partial charge in [-0.05, 0) is 43.9 Å². The van der Waals surface area contributed by atoms with E-state index in [1.54, 1.807) is 0 Å². The van der Waals surface area contributed by atoms with E-state index in [9.17, 15) is 0 Å². The summed E-state index contributed by atoms with van der Waals surface area (Å²) in [5.74, 6) is 1.97. The molecule has 1 atom stereocenters. The molecule has 1 aromatic rings. The fourth-order valence-electron chi connectivity index (χ4n) is 2.10. The smallest absolute Gasteiger partial charge is 0.128 e. The van der Waals surface area contributed by atoms with Crippen molar-refractivity contribution in [2.45, 2.75) is 39.3 Å². The van der Waals surface area contributed by atoms with Crippen LogP contribution in [-0.4, -0.2) is 24.6 Å².